The second kappa shape index (κ2) is 5.61. The molecule has 1 unspecified atom stereocenters. The van der Waals surface area contributed by atoms with E-state index in [1.54, 1.807) is 7.11 Å². The van der Waals surface area contributed by atoms with Crippen molar-refractivity contribution in [2.75, 3.05) is 19.5 Å². The Labute approximate surface area is 110 Å². The van der Waals surface area contributed by atoms with Gasteiger partial charge in [0, 0.05) is 12.9 Å². The number of aliphatic imine (C=N–C) groups is 1. The first-order valence-corrected chi connectivity index (χ1v) is 7.21. The molecule has 0 saturated heterocycles. The Hall–Kier alpha value is -0.220. The van der Waals surface area contributed by atoms with Gasteiger partial charge in [-0.15, -0.1) is 0 Å². The van der Waals surface area contributed by atoms with Gasteiger partial charge in [-0.25, -0.2) is 0 Å². The quantitative estimate of drug-likeness (QED) is 0.845. The Morgan fingerprint density at radius 2 is 2.00 bits per heavy atom. The molecule has 0 amide bonds. The SMILES string of the molecule is COCC(C)(C)NC1=NC(C(C)(C)C)CCS1. The summed E-state index contributed by atoms with van der Waals surface area (Å²) in [5.41, 5.74) is 0.194. The first-order valence-electron chi connectivity index (χ1n) is 6.22. The van der Waals surface area contributed by atoms with E-state index < -0.39 is 0 Å². The summed E-state index contributed by atoms with van der Waals surface area (Å²) < 4.78 is 5.22. The third-order valence-corrected chi connectivity index (χ3v) is 3.77. The van der Waals surface area contributed by atoms with E-state index in [0.29, 0.717) is 12.6 Å². The van der Waals surface area contributed by atoms with Crippen LogP contribution in [-0.2, 0) is 4.74 Å². The van der Waals surface area contributed by atoms with Crippen LogP contribution in [0.15, 0.2) is 4.99 Å². The van der Waals surface area contributed by atoms with Gasteiger partial charge in [-0.3, -0.25) is 4.99 Å². The minimum atomic E-state index is -0.0552. The summed E-state index contributed by atoms with van der Waals surface area (Å²) in [5, 5.41) is 4.55. The van der Waals surface area contributed by atoms with E-state index in [1.807, 2.05) is 11.8 Å². The third kappa shape index (κ3) is 4.88. The molecule has 0 radical (unpaired) electrons. The Kier molecular flexibility index (Phi) is 4.90. The zero-order valence-electron chi connectivity index (χ0n) is 12.0. The number of amidine groups is 1. The number of nitrogens with one attached hydrogen (secondary N) is 1. The lowest BCUT2D eigenvalue weighted by Gasteiger charge is -2.34. The molecule has 4 heteroatoms. The number of ether oxygens (including phenoxy) is 1. The monoisotopic (exact) mass is 258 g/mol. The van der Waals surface area contributed by atoms with Crippen molar-refractivity contribution in [1.82, 2.24) is 5.32 Å². The average Bonchev–Trinajstić information content (AvgIpc) is 2.15. The summed E-state index contributed by atoms with van der Waals surface area (Å²) in [6, 6.07) is 0.421. The Bertz CT molecular complexity index is 282. The van der Waals surface area contributed by atoms with Crippen molar-refractivity contribution in [1.29, 1.82) is 0 Å². The van der Waals surface area contributed by atoms with Crippen molar-refractivity contribution < 1.29 is 4.74 Å². The van der Waals surface area contributed by atoms with E-state index in [9.17, 15) is 0 Å². The molecule has 1 aliphatic rings. The van der Waals surface area contributed by atoms with Crippen LogP contribution < -0.4 is 5.32 Å². The molecule has 0 spiro atoms. The smallest absolute Gasteiger partial charge is 0.157 e. The Morgan fingerprint density at radius 3 is 2.53 bits per heavy atom. The number of methoxy groups -OCH3 is 1. The molecule has 0 aliphatic carbocycles. The van der Waals surface area contributed by atoms with E-state index in [1.165, 1.54) is 6.42 Å². The molecule has 0 bridgehead atoms. The maximum atomic E-state index is 5.22. The highest BCUT2D eigenvalue weighted by atomic mass is 32.2. The molecular weight excluding hydrogens is 232 g/mol. The van der Waals surface area contributed by atoms with Crippen LogP contribution in [0.25, 0.3) is 0 Å². The first-order chi connectivity index (χ1) is 7.74. The number of rotatable bonds is 3. The van der Waals surface area contributed by atoms with E-state index in [-0.39, 0.29) is 11.0 Å². The predicted octanol–water partition coefficient (Wildman–Crippen LogP) is 2.91. The van der Waals surface area contributed by atoms with Gasteiger partial charge in [0.25, 0.3) is 0 Å². The minimum Gasteiger partial charge on any atom is -0.382 e. The normalized spacial score (nSPS) is 22.2. The van der Waals surface area contributed by atoms with Crippen molar-refractivity contribution in [2.45, 2.75) is 52.6 Å². The molecule has 1 atom stereocenters. The summed E-state index contributed by atoms with van der Waals surface area (Å²) in [6.07, 6.45) is 1.17. The largest absolute Gasteiger partial charge is 0.382 e. The van der Waals surface area contributed by atoms with E-state index in [0.717, 1.165) is 10.9 Å². The third-order valence-electron chi connectivity index (χ3n) is 2.85. The van der Waals surface area contributed by atoms with Gasteiger partial charge in [-0.2, -0.15) is 0 Å². The molecule has 0 aromatic carbocycles. The van der Waals surface area contributed by atoms with Crippen LogP contribution in [-0.4, -0.2) is 36.2 Å². The number of hydrogen-bond acceptors (Lipinski definition) is 4. The number of hydrogen-bond donors (Lipinski definition) is 1. The summed E-state index contributed by atoms with van der Waals surface area (Å²) in [7, 11) is 1.73. The van der Waals surface area contributed by atoms with Crippen molar-refractivity contribution in [3.63, 3.8) is 0 Å². The van der Waals surface area contributed by atoms with Gasteiger partial charge in [0.1, 0.15) is 0 Å². The van der Waals surface area contributed by atoms with Crippen molar-refractivity contribution in [3.05, 3.63) is 0 Å². The maximum Gasteiger partial charge on any atom is 0.157 e. The minimum absolute atomic E-state index is 0.0552. The molecule has 0 aromatic rings. The zero-order chi connectivity index (χ0) is 13.1. The summed E-state index contributed by atoms with van der Waals surface area (Å²) in [5.74, 6) is 1.15. The van der Waals surface area contributed by atoms with E-state index >= 15 is 0 Å². The Morgan fingerprint density at radius 1 is 1.35 bits per heavy atom. The van der Waals surface area contributed by atoms with Crippen LogP contribution in [0.2, 0.25) is 0 Å². The molecule has 1 rings (SSSR count). The molecule has 100 valence electrons. The molecule has 17 heavy (non-hydrogen) atoms. The second-order valence-electron chi connectivity index (χ2n) is 6.40. The van der Waals surface area contributed by atoms with Crippen LogP contribution in [0.4, 0.5) is 0 Å². The molecule has 0 saturated carbocycles. The molecule has 1 heterocycles. The van der Waals surface area contributed by atoms with Gasteiger partial charge < -0.3 is 10.1 Å². The lowest BCUT2D eigenvalue weighted by molar-refractivity contribution is 0.140. The van der Waals surface area contributed by atoms with Crippen molar-refractivity contribution in [3.8, 4) is 0 Å². The second-order valence-corrected chi connectivity index (χ2v) is 7.48. The fourth-order valence-corrected chi connectivity index (χ4v) is 2.98. The van der Waals surface area contributed by atoms with Crippen LogP contribution in [0.5, 0.6) is 0 Å². The summed E-state index contributed by atoms with van der Waals surface area (Å²) in [4.78, 5) is 4.83. The van der Waals surface area contributed by atoms with Crippen molar-refractivity contribution >= 4 is 16.9 Å². The highest BCUT2D eigenvalue weighted by Gasteiger charge is 2.29. The molecule has 3 nitrogen and oxygen atoms in total. The number of thioether (sulfide) groups is 1. The highest BCUT2D eigenvalue weighted by Crippen LogP contribution is 2.30. The lowest BCUT2D eigenvalue weighted by atomic mass is 9.85. The standard InChI is InChI=1S/C13H26N2OS/c1-12(2,3)10-7-8-17-11(14-10)15-13(4,5)9-16-6/h10H,7-9H2,1-6H3,(H,14,15). The van der Waals surface area contributed by atoms with E-state index in [2.05, 4.69) is 39.9 Å². The average molecular weight is 258 g/mol. The highest BCUT2D eigenvalue weighted by molar-refractivity contribution is 8.13. The molecule has 0 fully saturated rings. The summed E-state index contributed by atoms with van der Waals surface area (Å²) >= 11 is 1.82. The lowest BCUT2D eigenvalue weighted by Crippen LogP contribution is -2.47. The molecule has 0 aromatic heterocycles. The fourth-order valence-electron chi connectivity index (χ4n) is 1.89. The van der Waals surface area contributed by atoms with Gasteiger partial charge in [0.2, 0.25) is 0 Å². The van der Waals surface area contributed by atoms with Crippen LogP contribution in [0.3, 0.4) is 0 Å². The molecule has 1 N–H and O–H groups in total. The Balaban J connectivity index is 2.68. The summed E-state index contributed by atoms with van der Waals surface area (Å²) in [6.45, 7) is 11.7. The van der Waals surface area contributed by atoms with Crippen LogP contribution >= 0.6 is 11.8 Å². The van der Waals surface area contributed by atoms with E-state index in [4.69, 9.17) is 9.73 Å². The van der Waals surface area contributed by atoms with Gasteiger partial charge >= 0.3 is 0 Å². The fraction of sp³-hybridized carbons (Fsp3) is 0.923. The van der Waals surface area contributed by atoms with Crippen LogP contribution in [0, 0.1) is 5.41 Å². The van der Waals surface area contributed by atoms with Gasteiger partial charge in [-0.05, 0) is 25.7 Å². The molecular formula is C13H26N2OS. The topological polar surface area (TPSA) is 33.6 Å². The maximum absolute atomic E-state index is 5.22. The number of nitrogens with zero attached hydrogens (tertiary/aromatic N) is 1. The first kappa shape index (κ1) is 14.8. The van der Waals surface area contributed by atoms with Crippen LogP contribution in [0.1, 0.15) is 41.0 Å². The predicted molar refractivity (Wildman–Crippen MR) is 76.8 cm³/mol. The van der Waals surface area contributed by atoms with Gasteiger partial charge in [-0.1, -0.05) is 32.5 Å². The van der Waals surface area contributed by atoms with Gasteiger partial charge in [0.05, 0.1) is 18.2 Å². The van der Waals surface area contributed by atoms with Crippen molar-refractivity contribution in [2.24, 2.45) is 10.4 Å². The molecule has 1 aliphatic heterocycles. The zero-order valence-corrected chi connectivity index (χ0v) is 12.8. The van der Waals surface area contributed by atoms with Gasteiger partial charge in [0.15, 0.2) is 5.17 Å².